The third-order valence-corrected chi connectivity index (χ3v) is 9.98. The summed E-state index contributed by atoms with van der Waals surface area (Å²) in [5.41, 5.74) is 2.16. The molecule has 1 aliphatic carbocycles. The molecule has 2 amide bonds. The van der Waals surface area contributed by atoms with Crippen LogP contribution in [0.3, 0.4) is 0 Å². The number of carbonyl (C=O) groups is 2. The minimum absolute atomic E-state index is 0.0469. The number of hydrogen-bond donors (Lipinski definition) is 3. The van der Waals surface area contributed by atoms with E-state index in [1.54, 1.807) is 42.5 Å². The molecule has 7 aromatic rings. The third kappa shape index (κ3) is 8.10. The number of aromatic nitrogens is 1. The van der Waals surface area contributed by atoms with E-state index >= 15 is 0 Å². The number of amides is 2. The molecular weight excluding hydrogens is 709 g/mol. The summed E-state index contributed by atoms with van der Waals surface area (Å²) in [6.45, 7) is 0.392. The van der Waals surface area contributed by atoms with Gasteiger partial charge in [0.05, 0.1) is 28.3 Å². The largest absolute Gasteiger partial charge is 0.403 e. The van der Waals surface area contributed by atoms with E-state index in [0.29, 0.717) is 50.2 Å². The van der Waals surface area contributed by atoms with Crippen molar-refractivity contribution < 1.29 is 19.1 Å². The number of aliphatic hydroxyl groups excluding tert-OH is 1. The van der Waals surface area contributed by atoms with E-state index in [1.165, 1.54) is 0 Å². The molecule has 0 radical (unpaired) electrons. The van der Waals surface area contributed by atoms with Crippen LogP contribution in [0.2, 0.25) is 10.0 Å². The number of carbonyl (C=O) groups excluding carboxylic acids is 2. The van der Waals surface area contributed by atoms with Crippen LogP contribution in [0.15, 0.2) is 131 Å². The topological polar surface area (TPSA) is 122 Å². The van der Waals surface area contributed by atoms with Gasteiger partial charge in [0.25, 0.3) is 11.8 Å². The fraction of sp³-hybridized carbons (Fsp3) is 0.163. The van der Waals surface area contributed by atoms with E-state index in [-0.39, 0.29) is 23.8 Å². The first-order chi connectivity index (χ1) is 25.7. The average Bonchev–Trinajstić information content (AvgIpc) is 3.18. The molecule has 6 aromatic carbocycles. The van der Waals surface area contributed by atoms with Crippen molar-refractivity contribution in [3.05, 3.63) is 153 Å². The summed E-state index contributed by atoms with van der Waals surface area (Å²) < 4.78 is 5.41. The van der Waals surface area contributed by atoms with Crippen LogP contribution < -0.4 is 16.3 Å². The van der Waals surface area contributed by atoms with Gasteiger partial charge in [0.2, 0.25) is 5.89 Å². The fourth-order valence-electron chi connectivity index (χ4n) is 6.74. The van der Waals surface area contributed by atoms with E-state index in [1.807, 2.05) is 78.9 Å². The molecule has 2 atom stereocenters. The predicted molar refractivity (Wildman–Crippen MR) is 212 cm³/mol. The number of benzene rings is 6. The van der Waals surface area contributed by atoms with Crippen LogP contribution in [0.1, 0.15) is 46.4 Å². The number of nitrogens with one attached hydrogen (secondary N) is 2. The summed E-state index contributed by atoms with van der Waals surface area (Å²) in [5.74, 6) is -0.258. The molecular formula is C43H35Cl2N3O5. The molecule has 1 aromatic heterocycles. The Morgan fingerprint density at radius 2 is 1.38 bits per heavy atom. The quantitative estimate of drug-likeness (QED) is 0.156. The van der Waals surface area contributed by atoms with Crippen molar-refractivity contribution in [1.82, 2.24) is 10.3 Å². The van der Waals surface area contributed by atoms with Crippen molar-refractivity contribution in [3.63, 3.8) is 0 Å². The highest BCUT2D eigenvalue weighted by molar-refractivity contribution is 6.31. The van der Waals surface area contributed by atoms with Crippen molar-refractivity contribution in [2.75, 3.05) is 11.9 Å². The van der Waals surface area contributed by atoms with Gasteiger partial charge in [-0.1, -0.05) is 109 Å². The fourth-order valence-corrected chi connectivity index (χ4v) is 7.09. The Morgan fingerprint density at radius 3 is 2.17 bits per heavy atom. The second-order valence-electron chi connectivity index (χ2n) is 13.0. The molecule has 8 nitrogen and oxygen atoms in total. The zero-order valence-electron chi connectivity index (χ0n) is 28.5. The monoisotopic (exact) mass is 743 g/mol. The van der Waals surface area contributed by atoms with Gasteiger partial charge in [0.15, 0.2) is 0 Å². The Balaban J connectivity index is 0.000000173. The normalized spacial score (nSPS) is 15.5. The van der Waals surface area contributed by atoms with Gasteiger partial charge in [-0.2, -0.15) is 0 Å². The Morgan fingerprint density at radius 1 is 0.717 bits per heavy atom. The lowest BCUT2D eigenvalue weighted by atomic mass is 9.86. The van der Waals surface area contributed by atoms with Gasteiger partial charge >= 0.3 is 5.63 Å². The van der Waals surface area contributed by atoms with Gasteiger partial charge in [-0.15, -0.1) is 0 Å². The van der Waals surface area contributed by atoms with Crippen LogP contribution >= 0.6 is 23.2 Å². The summed E-state index contributed by atoms with van der Waals surface area (Å²) in [4.78, 5) is 42.6. The first-order valence-corrected chi connectivity index (χ1v) is 18.1. The van der Waals surface area contributed by atoms with Crippen LogP contribution in [0, 0.1) is 5.92 Å². The molecule has 1 fully saturated rings. The number of rotatable bonds is 6. The molecule has 3 N–H and O–H groups in total. The highest BCUT2D eigenvalue weighted by Crippen LogP contribution is 2.29. The van der Waals surface area contributed by atoms with Gasteiger partial charge in [-0.25, -0.2) is 9.78 Å². The Bertz CT molecular complexity index is 2520. The molecule has 0 aliphatic heterocycles. The van der Waals surface area contributed by atoms with E-state index in [4.69, 9.17) is 27.6 Å². The Labute approximate surface area is 315 Å². The van der Waals surface area contributed by atoms with E-state index in [0.717, 1.165) is 52.8 Å². The van der Waals surface area contributed by atoms with E-state index in [2.05, 4.69) is 15.6 Å². The zero-order valence-corrected chi connectivity index (χ0v) is 30.0. The number of hydrogen-bond acceptors (Lipinski definition) is 6. The molecule has 1 saturated carbocycles. The predicted octanol–water partition coefficient (Wildman–Crippen LogP) is 9.69. The third-order valence-electron chi connectivity index (χ3n) is 9.51. The standard InChI is InChI=1S/C25H25ClN2O3.C18H10ClNO2/c26-18-12-13-22(21(14-18)24(30)27-15-17-7-2-4-11-23(17)29)28-25(31)20-10-5-8-16-6-1-3-9-19(16)20;19-12-8-9-16-15(10-12)18(21)22-17(20-16)14-7-3-5-11-4-1-2-6-13(11)14/h1,3,5-6,8-10,12-14,17,23,29H,2,4,7,11,15H2,(H,27,30)(H,28,31);1-10H. The second-order valence-corrected chi connectivity index (χ2v) is 13.9. The van der Waals surface area contributed by atoms with E-state index in [9.17, 15) is 19.5 Å². The molecule has 1 aliphatic rings. The number of anilines is 1. The van der Waals surface area contributed by atoms with Gasteiger partial charge in [0.1, 0.15) is 0 Å². The molecule has 2 unspecified atom stereocenters. The van der Waals surface area contributed by atoms with Crippen molar-refractivity contribution >= 4 is 73.2 Å². The lowest BCUT2D eigenvalue weighted by Crippen LogP contribution is -2.37. The van der Waals surface area contributed by atoms with Gasteiger partial charge in [-0.3, -0.25) is 9.59 Å². The first-order valence-electron chi connectivity index (χ1n) is 17.4. The Kier molecular flexibility index (Phi) is 10.8. The lowest BCUT2D eigenvalue weighted by molar-refractivity contribution is 0.0663. The minimum atomic E-state index is -0.435. The molecule has 0 spiro atoms. The number of fused-ring (bicyclic) bond motifs is 3. The molecule has 266 valence electrons. The highest BCUT2D eigenvalue weighted by atomic mass is 35.5. The van der Waals surface area contributed by atoms with E-state index < -0.39 is 5.63 Å². The van der Waals surface area contributed by atoms with Crippen LogP contribution in [0.25, 0.3) is 43.9 Å². The van der Waals surface area contributed by atoms with Crippen molar-refractivity contribution in [1.29, 1.82) is 0 Å². The van der Waals surface area contributed by atoms with Crippen LogP contribution in [0.4, 0.5) is 5.69 Å². The summed E-state index contributed by atoms with van der Waals surface area (Å²) in [5, 5.41) is 21.1. The summed E-state index contributed by atoms with van der Waals surface area (Å²) in [7, 11) is 0. The molecule has 0 saturated heterocycles. The lowest BCUT2D eigenvalue weighted by Gasteiger charge is -2.27. The second kappa shape index (κ2) is 16.0. The average molecular weight is 745 g/mol. The van der Waals surface area contributed by atoms with Gasteiger partial charge in [-0.05, 0) is 82.9 Å². The van der Waals surface area contributed by atoms with Crippen molar-refractivity contribution in [3.8, 4) is 11.5 Å². The number of nitrogens with zero attached hydrogens (tertiary/aromatic N) is 1. The van der Waals surface area contributed by atoms with Crippen molar-refractivity contribution in [2.45, 2.75) is 31.8 Å². The SMILES string of the molecule is O=C(NCC1CCCCC1O)c1cc(Cl)ccc1NC(=O)c1cccc2ccccc12.O=c1oc(-c2cccc3ccccc23)nc2ccc(Cl)cc12. The zero-order chi connectivity index (χ0) is 36.9. The maximum Gasteiger partial charge on any atom is 0.347 e. The molecule has 53 heavy (non-hydrogen) atoms. The summed E-state index contributed by atoms with van der Waals surface area (Å²) >= 11 is 12.0. The summed E-state index contributed by atoms with van der Waals surface area (Å²) in [6.07, 6.45) is 3.34. The molecule has 1 heterocycles. The number of aliphatic hydroxyl groups is 1. The first kappa shape index (κ1) is 35.8. The highest BCUT2D eigenvalue weighted by Gasteiger charge is 2.24. The minimum Gasteiger partial charge on any atom is -0.403 e. The molecule has 8 rings (SSSR count). The molecule has 10 heteroatoms. The van der Waals surface area contributed by atoms with Gasteiger partial charge in [0, 0.05) is 33.6 Å². The van der Waals surface area contributed by atoms with Crippen LogP contribution in [0.5, 0.6) is 0 Å². The number of halogens is 2. The molecule has 0 bridgehead atoms. The smallest absolute Gasteiger partial charge is 0.347 e. The van der Waals surface area contributed by atoms with Crippen molar-refractivity contribution in [2.24, 2.45) is 5.92 Å². The Hall–Kier alpha value is -5.54. The summed E-state index contributed by atoms with van der Waals surface area (Å²) in [6, 6.07) is 36.8. The van der Waals surface area contributed by atoms with Crippen LogP contribution in [-0.4, -0.2) is 34.6 Å². The van der Waals surface area contributed by atoms with Crippen LogP contribution in [-0.2, 0) is 0 Å². The maximum atomic E-state index is 13.0. The van der Waals surface area contributed by atoms with Gasteiger partial charge < -0.3 is 20.2 Å². The maximum absolute atomic E-state index is 13.0.